The maximum Gasteiger partial charge on any atom is 0.0480 e. The van der Waals surface area contributed by atoms with Gasteiger partial charge in [-0.1, -0.05) is 19.3 Å². The van der Waals surface area contributed by atoms with Crippen LogP contribution < -0.4 is 5.32 Å². The van der Waals surface area contributed by atoms with E-state index in [1.165, 1.54) is 44.9 Å². The highest BCUT2D eigenvalue weighted by molar-refractivity contribution is 4.78. The molecule has 0 spiro atoms. The molecule has 13 heavy (non-hydrogen) atoms. The number of rotatable bonds is 2. The van der Waals surface area contributed by atoms with Crippen molar-refractivity contribution >= 4 is 0 Å². The molecule has 2 fully saturated rings. The predicted octanol–water partition coefficient (Wildman–Crippen LogP) is 2.09. The van der Waals surface area contributed by atoms with Crippen LogP contribution >= 0.6 is 0 Å². The second kappa shape index (κ2) is 4.97. The smallest absolute Gasteiger partial charge is 0.0480 e. The van der Waals surface area contributed by atoms with Crippen LogP contribution in [0.5, 0.6) is 0 Å². The Labute approximate surface area is 81.0 Å². The van der Waals surface area contributed by atoms with Crippen LogP contribution in [0.3, 0.4) is 0 Å². The Hall–Kier alpha value is -0.0800. The van der Waals surface area contributed by atoms with Gasteiger partial charge in [0.25, 0.3) is 0 Å². The molecule has 1 N–H and O–H groups in total. The lowest BCUT2D eigenvalue weighted by Gasteiger charge is -2.30. The summed E-state index contributed by atoms with van der Waals surface area (Å²) in [5.41, 5.74) is 0. The average molecular weight is 183 g/mol. The van der Waals surface area contributed by atoms with Crippen molar-refractivity contribution in [2.24, 2.45) is 0 Å². The van der Waals surface area contributed by atoms with Crippen LogP contribution in [0.4, 0.5) is 0 Å². The third kappa shape index (κ3) is 2.96. The van der Waals surface area contributed by atoms with Gasteiger partial charge < -0.3 is 10.1 Å². The van der Waals surface area contributed by atoms with Crippen molar-refractivity contribution < 1.29 is 4.74 Å². The summed E-state index contributed by atoms with van der Waals surface area (Å²) in [5.74, 6) is 0. The fraction of sp³-hybridized carbons (Fsp3) is 1.00. The summed E-state index contributed by atoms with van der Waals surface area (Å²) in [5, 5.41) is 3.78. The van der Waals surface area contributed by atoms with Gasteiger partial charge in [0.2, 0.25) is 0 Å². The molecular formula is C11H21NO. The lowest BCUT2D eigenvalue weighted by Crippen LogP contribution is -2.42. The Morgan fingerprint density at radius 3 is 2.08 bits per heavy atom. The van der Waals surface area contributed by atoms with E-state index in [9.17, 15) is 0 Å². The van der Waals surface area contributed by atoms with Crippen LogP contribution in [-0.2, 0) is 4.74 Å². The molecule has 0 aromatic carbocycles. The minimum Gasteiger partial charge on any atom is -0.381 e. The first-order chi connectivity index (χ1) is 6.45. The molecule has 0 aromatic rings. The van der Waals surface area contributed by atoms with Crippen LogP contribution in [0, 0.1) is 0 Å². The van der Waals surface area contributed by atoms with Gasteiger partial charge in [0.1, 0.15) is 0 Å². The van der Waals surface area contributed by atoms with Crippen LogP contribution in [-0.4, -0.2) is 25.3 Å². The highest BCUT2D eigenvalue weighted by atomic mass is 16.5. The van der Waals surface area contributed by atoms with Gasteiger partial charge in [-0.3, -0.25) is 0 Å². The fourth-order valence-corrected chi connectivity index (χ4v) is 2.47. The van der Waals surface area contributed by atoms with E-state index >= 15 is 0 Å². The van der Waals surface area contributed by atoms with E-state index in [0.717, 1.165) is 25.3 Å². The van der Waals surface area contributed by atoms with Crippen LogP contribution in [0.25, 0.3) is 0 Å². The highest BCUT2D eigenvalue weighted by Crippen LogP contribution is 2.19. The van der Waals surface area contributed by atoms with Gasteiger partial charge >= 0.3 is 0 Å². The number of hydrogen-bond acceptors (Lipinski definition) is 2. The van der Waals surface area contributed by atoms with Gasteiger partial charge in [-0.25, -0.2) is 0 Å². The van der Waals surface area contributed by atoms with E-state index in [4.69, 9.17) is 4.74 Å². The molecule has 2 rings (SSSR count). The maximum absolute atomic E-state index is 5.35. The zero-order valence-electron chi connectivity index (χ0n) is 8.43. The van der Waals surface area contributed by atoms with E-state index in [1.54, 1.807) is 0 Å². The summed E-state index contributed by atoms with van der Waals surface area (Å²) < 4.78 is 5.35. The molecule has 0 amide bonds. The molecule has 0 bridgehead atoms. The first kappa shape index (κ1) is 9.47. The summed E-state index contributed by atoms with van der Waals surface area (Å²) in [7, 11) is 0. The van der Waals surface area contributed by atoms with E-state index in [1.807, 2.05) is 0 Å². The molecule has 0 unspecified atom stereocenters. The predicted molar refractivity (Wildman–Crippen MR) is 53.8 cm³/mol. The van der Waals surface area contributed by atoms with Crippen LogP contribution in [0.2, 0.25) is 0 Å². The Bertz CT molecular complexity index is 121. The first-order valence-corrected chi connectivity index (χ1v) is 5.79. The van der Waals surface area contributed by atoms with Crippen LogP contribution in [0.15, 0.2) is 0 Å². The van der Waals surface area contributed by atoms with E-state index in [0.29, 0.717) is 0 Å². The minimum absolute atomic E-state index is 0.747. The Balaban J connectivity index is 1.69. The second-order valence-electron chi connectivity index (χ2n) is 4.39. The normalized spacial score (nSPS) is 27.7. The van der Waals surface area contributed by atoms with Crippen LogP contribution in [0.1, 0.15) is 44.9 Å². The quantitative estimate of drug-likeness (QED) is 0.707. The van der Waals surface area contributed by atoms with Crippen molar-refractivity contribution in [2.75, 3.05) is 13.2 Å². The molecule has 2 aliphatic rings. The van der Waals surface area contributed by atoms with E-state index < -0.39 is 0 Å². The summed E-state index contributed by atoms with van der Waals surface area (Å²) >= 11 is 0. The Morgan fingerprint density at radius 2 is 1.38 bits per heavy atom. The molecule has 2 heteroatoms. The molecular weight excluding hydrogens is 162 g/mol. The van der Waals surface area contributed by atoms with Gasteiger partial charge in [-0.05, 0) is 25.7 Å². The third-order valence-electron chi connectivity index (χ3n) is 3.30. The van der Waals surface area contributed by atoms with E-state index in [2.05, 4.69) is 5.32 Å². The first-order valence-electron chi connectivity index (χ1n) is 5.79. The average Bonchev–Trinajstić information content (AvgIpc) is 2.21. The molecule has 0 radical (unpaired) electrons. The molecule has 76 valence electrons. The van der Waals surface area contributed by atoms with Crippen molar-refractivity contribution in [3.8, 4) is 0 Å². The Kier molecular flexibility index (Phi) is 3.62. The zero-order chi connectivity index (χ0) is 8.93. The van der Waals surface area contributed by atoms with Gasteiger partial charge in [-0.15, -0.1) is 0 Å². The zero-order valence-corrected chi connectivity index (χ0v) is 8.43. The van der Waals surface area contributed by atoms with E-state index in [-0.39, 0.29) is 0 Å². The van der Waals surface area contributed by atoms with Crippen molar-refractivity contribution in [3.05, 3.63) is 0 Å². The molecule has 1 saturated carbocycles. The maximum atomic E-state index is 5.35. The summed E-state index contributed by atoms with van der Waals surface area (Å²) in [6, 6.07) is 1.56. The van der Waals surface area contributed by atoms with Gasteiger partial charge in [0.05, 0.1) is 0 Å². The van der Waals surface area contributed by atoms with Gasteiger partial charge in [0.15, 0.2) is 0 Å². The molecule has 0 atom stereocenters. The monoisotopic (exact) mass is 183 g/mol. The molecule has 1 saturated heterocycles. The summed E-state index contributed by atoms with van der Waals surface area (Å²) in [4.78, 5) is 0. The van der Waals surface area contributed by atoms with Crippen molar-refractivity contribution in [2.45, 2.75) is 57.0 Å². The Morgan fingerprint density at radius 1 is 0.769 bits per heavy atom. The third-order valence-corrected chi connectivity index (χ3v) is 3.30. The number of nitrogens with one attached hydrogen (secondary N) is 1. The van der Waals surface area contributed by atoms with Gasteiger partial charge in [0, 0.05) is 25.3 Å². The number of ether oxygens (including phenoxy) is 1. The van der Waals surface area contributed by atoms with Crippen molar-refractivity contribution in [1.29, 1.82) is 0 Å². The largest absolute Gasteiger partial charge is 0.381 e. The SMILES string of the molecule is C1CCC(NC2CCOCC2)CC1. The van der Waals surface area contributed by atoms with Crippen molar-refractivity contribution in [1.82, 2.24) is 5.32 Å². The topological polar surface area (TPSA) is 21.3 Å². The lowest BCUT2D eigenvalue weighted by atomic mass is 9.94. The standard InChI is InChI=1S/C11H21NO/c1-2-4-10(5-3-1)12-11-6-8-13-9-7-11/h10-12H,1-9H2. The lowest BCUT2D eigenvalue weighted by molar-refractivity contribution is 0.0732. The van der Waals surface area contributed by atoms with Crippen molar-refractivity contribution in [3.63, 3.8) is 0 Å². The molecule has 1 aliphatic heterocycles. The van der Waals surface area contributed by atoms with Gasteiger partial charge in [-0.2, -0.15) is 0 Å². The second-order valence-corrected chi connectivity index (χ2v) is 4.39. The molecule has 0 aromatic heterocycles. The molecule has 1 aliphatic carbocycles. The fourth-order valence-electron chi connectivity index (χ4n) is 2.47. The highest BCUT2D eigenvalue weighted by Gasteiger charge is 2.19. The number of hydrogen-bond donors (Lipinski definition) is 1. The summed E-state index contributed by atoms with van der Waals surface area (Å²) in [6.45, 7) is 1.93. The minimum atomic E-state index is 0.747. The summed E-state index contributed by atoms with van der Waals surface area (Å²) in [6.07, 6.45) is 9.55. The molecule has 2 nitrogen and oxygen atoms in total. The molecule has 1 heterocycles.